The zero-order chi connectivity index (χ0) is 17.1. The standard InChI is InChI=1S/C18H24ClN3O2/c1-13-9-21(7-8-22(13)10-14(2)23)11-15-12-24-18(20-15)16-5-3-4-6-17(16)19/h3-6,12-14,23H,7-11H2,1-2H3. The van der Waals surface area contributed by atoms with Gasteiger partial charge in [0.15, 0.2) is 0 Å². The molecule has 2 aromatic rings. The highest BCUT2D eigenvalue weighted by Gasteiger charge is 2.25. The van der Waals surface area contributed by atoms with Gasteiger partial charge in [-0.2, -0.15) is 0 Å². The van der Waals surface area contributed by atoms with E-state index in [4.69, 9.17) is 16.0 Å². The Bertz CT molecular complexity index is 674. The van der Waals surface area contributed by atoms with E-state index in [0.29, 0.717) is 17.0 Å². The normalized spacial score (nSPS) is 21.1. The first-order chi connectivity index (χ1) is 11.5. The molecule has 130 valence electrons. The molecule has 5 nitrogen and oxygen atoms in total. The van der Waals surface area contributed by atoms with E-state index in [2.05, 4.69) is 21.7 Å². The Morgan fingerprint density at radius 3 is 2.88 bits per heavy atom. The lowest BCUT2D eigenvalue weighted by atomic mass is 10.1. The van der Waals surface area contributed by atoms with Crippen molar-refractivity contribution in [3.05, 3.63) is 41.2 Å². The van der Waals surface area contributed by atoms with Crippen LogP contribution in [-0.2, 0) is 6.54 Å². The Morgan fingerprint density at radius 1 is 1.38 bits per heavy atom. The molecule has 0 bridgehead atoms. The summed E-state index contributed by atoms with van der Waals surface area (Å²) >= 11 is 6.20. The number of aliphatic hydroxyl groups excluding tert-OH is 1. The van der Waals surface area contributed by atoms with Crippen LogP contribution in [0.15, 0.2) is 34.9 Å². The van der Waals surface area contributed by atoms with Crippen LogP contribution in [0.2, 0.25) is 5.02 Å². The van der Waals surface area contributed by atoms with E-state index >= 15 is 0 Å². The molecule has 1 N–H and O–H groups in total. The van der Waals surface area contributed by atoms with E-state index < -0.39 is 0 Å². The molecule has 3 rings (SSSR count). The summed E-state index contributed by atoms with van der Waals surface area (Å²) in [6, 6.07) is 7.99. The number of β-amino-alcohol motifs (C(OH)–C–C–N with tert-alkyl or cyclic N) is 1. The van der Waals surface area contributed by atoms with Crippen LogP contribution < -0.4 is 0 Å². The summed E-state index contributed by atoms with van der Waals surface area (Å²) in [5, 5.41) is 10.2. The van der Waals surface area contributed by atoms with Crippen molar-refractivity contribution < 1.29 is 9.52 Å². The van der Waals surface area contributed by atoms with E-state index in [-0.39, 0.29) is 6.10 Å². The number of benzene rings is 1. The summed E-state index contributed by atoms with van der Waals surface area (Å²) in [6.07, 6.45) is 1.43. The van der Waals surface area contributed by atoms with Crippen molar-refractivity contribution in [2.24, 2.45) is 0 Å². The van der Waals surface area contributed by atoms with Gasteiger partial charge in [0.1, 0.15) is 6.26 Å². The van der Waals surface area contributed by atoms with Gasteiger partial charge in [0.25, 0.3) is 0 Å². The van der Waals surface area contributed by atoms with Crippen LogP contribution in [0.1, 0.15) is 19.5 Å². The molecule has 1 saturated heterocycles. The van der Waals surface area contributed by atoms with E-state index in [1.807, 2.05) is 31.2 Å². The lowest BCUT2D eigenvalue weighted by Gasteiger charge is -2.40. The lowest BCUT2D eigenvalue weighted by Crippen LogP contribution is -2.53. The number of nitrogens with zero attached hydrogens (tertiary/aromatic N) is 3. The predicted octanol–water partition coefficient (Wildman–Crippen LogP) is 2.88. The second kappa shape index (κ2) is 7.66. The van der Waals surface area contributed by atoms with Crippen LogP contribution in [0.5, 0.6) is 0 Å². The Balaban J connectivity index is 1.61. The molecular weight excluding hydrogens is 326 g/mol. The van der Waals surface area contributed by atoms with E-state index in [9.17, 15) is 5.11 Å². The van der Waals surface area contributed by atoms with Gasteiger partial charge in [-0.15, -0.1) is 0 Å². The number of piperazine rings is 1. The van der Waals surface area contributed by atoms with Gasteiger partial charge in [-0.25, -0.2) is 4.98 Å². The van der Waals surface area contributed by atoms with Gasteiger partial charge in [-0.1, -0.05) is 23.7 Å². The van der Waals surface area contributed by atoms with Crippen molar-refractivity contribution in [1.29, 1.82) is 0 Å². The fourth-order valence-corrected chi connectivity index (χ4v) is 3.41. The smallest absolute Gasteiger partial charge is 0.227 e. The molecule has 0 aliphatic carbocycles. The third-order valence-corrected chi connectivity index (χ3v) is 4.72. The molecule has 2 heterocycles. The average molecular weight is 350 g/mol. The van der Waals surface area contributed by atoms with Crippen molar-refractivity contribution in [3.63, 3.8) is 0 Å². The summed E-state index contributed by atoms with van der Waals surface area (Å²) in [7, 11) is 0. The van der Waals surface area contributed by atoms with Crippen LogP contribution in [0.4, 0.5) is 0 Å². The summed E-state index contributed by atoms with van der Waals surface area (Å²) in [4.78, 5) is 9.29. The Labute approximate surface area is 147 Å². The fourth-order valence-electron chi connectivity index (χ4n) is 3.19. The van der Waals surface area contributed by atoms with Crippen LogP contribution in [0.3, 0.4) is 0 Å². The number of halogens is 1. The highest BCUT2D eigenvalue weighted by Crippen LogP contribution is 2.27. The minimum atomic E-state index is -0.285. The topological polar surface area (TPSA) is 52.7 Å². The van der Waals surface area contributed by atoms with E-state index in [0.717, 1.165) is 44.0 Å². The minimum Gasteiger partial charge on any atom is -0.444 e. The van der Waals surface area contributed by atoms with Gasteiger partial charge in [0, 0.05) is 38.8 Å². The number of aliphatic hydroxyl groups is 1. The quantitative estimate of drug-likeness (QED) is 0.899. The largest absolute Gasteiger partial charge is 0.444 e. The molecule has 0 saturated carbocycles. The fraction of sp³-hybridized carbons (Fsp3) is 0.500. The molecule has 1 fully saturated rings. The maximum Gasteiger partial charge on any atom is 0.227 e. The highest BCUT2D eigenvalue weighted by atomic mass is 35.5. The summed E-state index contributed by atoms with van der Waals surface area (Å²) in [5.41, 5.74) is 1.74. The number of hydrogen-bond donors (Lipinski definition) is 1. The summed E-state index contributed by atoms with van der Waals surface area (Å²) < 4.78 is 5.61. The molecule has 1 aliphatic rings. The van der Waals surface area contributed by atoms with Gasteiger partial charge in [-0.05, 0) is 26.0 Å². The van der Waals surface area contributed by atoms with Crippen LogP contribution >= 0.6 is 11.6 Å². The van der Waals surface area contributed by atoms with Crippen LogP contribution in [0, 0.1) is 0 Å². The molecule has 6 heteroatoms. The third kappa shape index (κ3) is 4.16. The third-order valence-electron chi connectivity index (χ3n) is 4.39. The molecule has 24 heavy (non-hydrogen) atoms. The Morgan fingerprint density at radius 2 is 2.17 bits per heavy atom. The molecule has 1 aliphatic heterocycles. The molecule has 2 unspecified atom stereocenters. The van der Waals surface area contributed by atoms with E-state index in [1.54, 1.807) is 6.26 Å². The first-order valence-electron chi connectivity index (χ1n) is 8.36. The molecular formula is C18H24ClN3O2. The zero-order valence-electron chi connectivity index (χ0n) is 14.2. The van der Waals surface area contributed by atoms with Gasteiger partial charge >= 0.3 is 0 Å². The van der Waals surface area contributed by atoms with Gasteiger partial charge in [-0.3, -0.25) is 9.80 Å². The van der Waals surface area contributed by atoms with Crippen molar-refractivity contribution in [1.82, 2.24) is 14.8 Å². The van der Waals surface area contributed by atoms with Crippen molar-refractivity contribution >= 4 is 11.6 Å². The van der Waals surface area contributed by atoms with Crippen molar-refractivity contribution in [3.8, 4) is 11.5 Å². The first kappa shape index (κ1) is 17.4. The van der Waals surface area contributed by atoms with E-state index in [1.165, 1.54) is 0 Å². The molecule has 0 spiro atoms. The Kier molecular flexibility index (Phi) is 5.56. The monoisotopic (exact) mass is 349 g/mol. The molecule has 0 amide bonds. The van der Waals surface area contributed by atoms with Gasteiger partial charge in [0.05, 0.1) is 22.4 Å². The molecule has 1 aromatic heterocycles. The number of oxazole rings is 1. The second-order valence-corrected chi connectivity index (χ2v) is 6.96. The SMILES string of the molecule is CC(O)CN1CCN(Cc2coc(-c3ccccc3Cl)n2)CC1C. The molecule has 1 aromatic carbocycles. The predicted molar refractivity (Wildman–Crippen MR) is 94.9 cm³/mol. The van der Waals surface area contributed by atoms with Gasteiger partial charge < -0.3 is 9.52 Å². The summed E-state index contributed by atoms with van der Waals surface area (Å²) in [6.45, 7) is 8.42. The number of rotatable bonds is 5. The van der Waals surface area contributed by atoms with Crippen LogP contribution in [0.25, 0.3) is 11.5 Å². The highest BCUT2D eigenvalue weighted by molar-refractivity contribution is 6.33. The average Bonchev–Trinajstić information content (AvgIpc) is 2.98. The van der Waals surface area contributed by atoms with Crippen molar-refractivity contribution in [2.45, 2.75) is 32.5 Å². The zero-order valence-corrected chi connectivity index (χ0v) is 14.9. The van der Waals surface area contributed by atoms with Crippen molar-refractivity contribution in [2.75, 3.05) is 26.2 Å². The molecule has 2 atom stereocenters. The maximum absolute atomic E-state index is 9.57. The second-order valence-electron chi connectivity index (χ2n) is 6.55. The van der Waals surface area contributed by atoms with Gasteiger partial charge in [0.2, 0.25) is 5.89 Å². The maximum atomic E-state index is 9.57. The number of hydrogen-bond acceptors (Lipinski definition) is 5. The number of aromatic nitrogens is 1. The van der Waals surface area contributed by atoms with Crippen LogP contribution in [-0.4, -0.2) is 58.2 Å². The minimum absolute atomic E-state index is 0.285. The molecule has 0 radical (unpaired) electrons. The summed E-state index contributed by atoms with van der Waals surface area (Å²) in [5.74, 6) is 0.566. The Hall–Kier alpha value is -1.40. The first-order valence-corrected chi connectivity index (χ1v) is 8.74. The lowest BCUT2D eigenvalue weighted by molar-refractivity contribution is 0.0418.